The summed E-state index contributed by atoms with van der Waals surface area (Å²) < 4.78 is 10.9. The normalized spacial score (nSPS) is 25.1. The lowest BCUT2D eigenvalue weighted by atomic mass is 10.1. The van der Waals surface area contributed by atoms with E-state index in [1.807, 2.05) is 0 Å². The molecule has 1 heterocycles. The van der Waals surface area contributed by atoms with Crippen molar-refractivity contribution in [2.75, 3.05) is 13.2 Å². The zero-order valence-electron chi connectivity index (χ0n) is 10.5. The van der Waals surface area contributed by atoms with Gasteiger partial charge in [-0.05, 0) is 12.8 Å². The first-order valence-electron chi connectivity index (χ1n) is 6.74. The van der Waals surface area contributed by atoms with Gasteiger partial charge in [0.2, 0.25) is 0 Å². The van der Waals surface area contributed by atoms with Crippen LogP contribution in [0.3, 0.4) is 0 Å². The molecule has 0 aliphatic carbocycles. The number of rotatable bonds is 9. The lowest BCUT2D eigenvalue weighted by Gasteiger charge is -2.09. The van der Waals surface area contributed by atoms with Gasteiger partial charge in [-0.3, -0.25) is 0 Å². The van der Waals surface area contributed by atoms with E-state index >= 15 is 0 Å². The molecule has 1 rings (SSSR count). The molecule has 96 valence electrons. The monoisotopic (exact) mass is 230 g/mol. The van der Waals surface area contributed by atoms with Gasteiger partial charge in [0.1, 0.15) is 6.10 Å². The Kier molecular flexibility index (Phi) is 7.81. The van der Waals surface area contributed by atoms with Crippen LogP contribution in [0.15, 0.2) is 0 Å². The highest BCUT2D eigenvalue weighted by atomic mass is 16.7. The second-order valence-corrected chi connectivity index (χ2v) is 4.61. The van der Waals surface area contributed by atoms with E-state index in [0.29, 0.717) is 6.61 Å². The molecule has 0 radical (unpaired) electrons. The number of ether oxygens (including phenoxy) is 2. The van der Waals surface area contributed by atoms with E-state index in [2.05, 4.69) is 6.92 Å². The lowest BCUT2D eigenvalue weighted by Crippen LogP contribution is -2.16. The Hall–Kier alpha value is -0.120. The summed E-state index contributed by atoms with van der Waals surface area (Å²) in [5.41, 5.74) is 0. The van der Waals surface area contributed by atoms with Crippen LogP contribution in [0.4, 0.5) is 0 Å². The highest BCUT2D eigenvalue weighted by Gasteiger charge is 2.24. The van der Waals surface area contributed by atoms with Gasteiger partial charge in [0.05, 0.1) is 13.2 Å². The van der Waals surface area contributed by atoms with Crippen molar-refractivity contribution in [2.24, 2.45) is 0 Å². The minimum absolute atomic E-state index is 0.0622. The van der Waals surface area contributed by atoms with Crippen LogP contribution >= 0.6 is 0 Å². The molecule has 1 N–H and O–H groups in total. The maximum atomic E-state index is 8.87. The standard InChI is InChI=1S/C13H26O3/c1-2-3-4-5-6-7-8-9-13-15-11-12(10-14)16-13/h12-14H,2-11H2,1H3. The van der Waals surface area contributed by atoms with Crippen LogP contribution in [-0.2, 0) is 9.47 Å². The summed E-state index contributed by atoms with van der Waals surface area (Å²) in [6.07, 6.45) is 10.0. The summed E-state index contributed by atoms with van der Waals surface area (Å²) in [7, 11) is 0. The molecule has 0 bridgehead atoms. The fourth-order valence-electron chi connectivity index (χ4n) is 2.02. The van der Waals surface area contributed by atoms with Crippen molar-refractivity contribution in [3.63, 3.8) is 0 Å². The maximum Gasteiger partial charge on any atom is 0.158 e. The number of aliphatic hydroxyl groups excluding tert-OH is 1. The number of aliphatic hydroxyl groups is 1. The van der Waals surface area contributed by atoms with Crippen molar-refractivity contribution in [1.82, 2.24) is 0 Å². The summed E-state index contributed by atoms with van der Waals surface area (Å²) in [6.45, 7) is 2.87. The first-order chi connectivity index (χ1) is 7.86. The van der Waals surface area contributed by atoms with Crippen LogP contribution in [-0.4, -0.2) is 30.7 Å². The molecular weight excluding hydrogens is 204 g/mol. The zero-order chi connectivity index (χ0) is 11.6. The number of hydrogen-bond donors (Lipinski definition) is 1. The predicted molar refractivity (Wildman–Crippen MR) is 64.3 cm³/mol. The number of unbranched alkanes of at least 4 members (excludes halogenated alkanes) is 6. The highest BCUT2D eigenvalue weighted by molar-refractivity contribution is 4.63. The summed E-state index contributed by atoms with van der Waals surface area (Å²) in [5, 5.41) is 8.87. The van der Waals surface area contributed by atoms with E-state index in [-0.39, 0.29) is 19.0 Å². The van der Waals surface area contributed by atoms with Crippen molar-refractivity contribution >= 4 is 0 Å². The Morgan fingerprint density at radius 3 is 2.38 bits per heavy atom. The molecule has 0 aromatic carbocycles. The Balaban J connectivity index is 1.84. The molecule has 1 aliphatic rings. The molecule has 2 atom stereocenters. The first kappa shape index (κ1) is 13.9. The molecule has 0 saturated carbocycles. The van der Waals surface area contributed by atoms with Crippen LogP contribution in [0.25, 0.3) is 0 Å². The Morgan fingerprint density at radius 1 is 1.06 bits per heavy atom. The van der Waals surface area contributed by atoms with Gasteiger partial charge >= 0.3 is 0 Å². The van der Waals surface area contributed by atoms with Crippen LogP contribution in [0.5, 0.6) is 0 Å². The average molecular weight is 230 g/mol. The van der Waals surface area contributed by atoms with E-state index in [9.17, 15) is 0 Å². The molecule has 3 heteroatoms. The van der Waals surface area contributed by atoms with Crippen LogP contribution in [0.2, 0.25) is 0 Å². The molecule has 0 amide bonds. The molecule has 1 fully saturated rings. The lowest BCUT2D eigenvalue weighted by molar-refractivity contribution is -0.0701. The van der Waals surface area contributed by atoms with Crippen molar-refractivity contribution in [3.8, 4) is 0 Å². The van der Waals surface area contributed by atoms with Crippen molar-refractivity contribution < 1.29 is 14.6 Å². The smallest absolute Gasteiger partial charge is 0.158 e. The molecule has 1 saturated heterocycles. The molecule has 0 aromatic rings. The third kappa shape index (κ3) is 5.83. The van der Waals surface area contributed by atoms with Gasteiger partial charge in [0, 0.05) is 0 Å². The fraction of sp³-hybridized carbons (Fsp3) is 1.00. The average Bonchev–Trinajstić information content (AvgIpc) is 2.76. The minimum Gasteiger partial charge on any atom is -0.394 e. The van der Waals surface area contributed by atoms with Crippen molar-refractivity contribution in [2.45, 2.75) is 70.7 Å². The second kappa shape index (κ2) is 8.97. The third-order valence-electron chi connectivity index (χ3n) is 3.06. The topological polar surface area (TPSA) is 38.7 Å². The van der Waals surface area contributed by atoms with E-state index in [1.54, 1.807) is 0 Å². The highest BCUT2D eigenvalue weighted by Crippen LogP contribution is 2.17. The molecule has 0 aromatic heterocycles. The van der Waals surface area contributed by atoms with E-state index in [0.717, 1.165) is 6.42 Å². The summed E-state index contributed by atoms with van der Waals surface area (Å²) >= 11 is 0. The molecule has 16 heavy (non-hydrogen) atoms. The van der Waals surface area contributed by atoms with Crippen LogP contribution in [0, 0.1) is 0 Å². The summed E-state index contributed by atoms with van der Waals surface area (Å²) in [4.78, 5) is 0. The Morgan fingerprint density at radius 2 is 1.75 bits per heavy atom. The zero-order valence-corrected chi connectivity index (χ0v) is 10.5. The second-order valence-electron chi connectivity index (χ2n) is 4.61. The van der Waals surface area contributed by atoms with E-state index < -0.39 is 0 Å². The Labute approximate surface area is 99.1 Å². The molecule has 1 aliphatic heterocycles. The summed E-state index contributed by atoms with van der Waals surface area (Å²) in [6, 6.07) is 0. The maximum absolute atomic E-state index is 8.87. The van der Waals surface area contributed by atoms with Gasteiger partial charge in [0.15, 0.2) is 6.29 Å². The number of hydrogen-bond acceptors (Lipinski definition) is 3. The largest absolute Gasteiger partial charge is 0.394 e. The molecule has 0 spiro atoms. The third-order valence-corrected chi connectivity index (χ3v) is 3.06. The molecule has 3 nitrogen and oxygen atoms in total. The fourth-order valence-corrected chi connectivity index (χ4v) is 2.02. The summed E-state index contributed by atoms with van der Waals surface area (Å²) in [5.74, 6) is 0. The SMILES string of the molecule is CCCCCCCCCC1OCC(CO)O1. The van der Waals surface area contributed by atoms with Gasteiger partial charge in [-0.2, -0.15) is 0 Å². The van der Waals surface area contributed by atoms with Gasteiger partial charge < -0.3 is 14.6 Å². The van der Waals surface area contributed by atoms with E-state index in [1.165, 1.54) is 44.9 Å². The minimum atomic E-state index is -0.0884. The Bertz CT molecular complexity index is 161. The van der Waals surface area contributed by atoms with E-state index in [4.69, 9.17) is 14.6 Å². The van der Waals surface area contributed by atoms with Gasteiger partial charge in [-0.15, -0.1) is 0 Å². The van der Waals surface area contributed by atoms with Crippen LogP contribution < -0.4 is 0 Å². The van der Waals surface area contributed by atoms with Crippen molar-refractivity contribution in [3.05, 3.63) is 0 Å². The van der Waals surface area contributed by atoms with Crippen molar-refractivity contribution in [1.29, 1.82) is 0 Å². The van der Waals surface area contributed by atoms with Crippen LogP contribution in [0.1, 0.15) is 58.3 Å². The molecular formula is C13H26O3. The quantitative estimate of drug-likeness (QED) is 0.619. The van der Waals surface area contributed by atoms with Gasteiger partial charge in [-0.25, -0.2) is 0 Å². The van der Waals surface area contributed by atoms with Gasteiger partial charge in [0.25, 0.3) is 0 Å². The molecule has 2 unspecified atom stereocenters. The first-order valence-corrected chi connectivity index (χ1v) is 6.74. The van der Waals surface area contributed by atoms with Gasteiger partial charge in [-0.1, -0.05) is 45.4 Å². The predicted octanol–water partition coefficient (Wildman–Crippen LogP) is 2.86.